The van der Waals surface area contributed by atoms with Crippen LogP contribution in [0, 0.1) is 0 Å². The average molecular weight is 641 g/mol. The largest absolute Gasteiger partial charge is 0.455 e. The van der Waals surface area contributed by atoms with Gasteiger partial charge >= 0.3 is 18.3 Å². The Morgan fingerprint density at radius 1 is 0.932 bits per heavy atom. The molecule has 3 rings (SSSR count). The highest BCUT2D eigenvalue weighted by molar-refractivity contribution is 6.10. The summed E-state index contributed by atoms with van der Waals surface area (Å²) in [6.07, 6.45) is -10.8. The van der Waals surface area contributed by atoms with Crippen LogP contribution >= 0.6 is 0 Å². The fraction of sp³-hybridized carbons (Fsp3) is 0.444. The zero-order chi connectivity index (χ0) is 32.9. The van der Waals surface area contributed by atoms with E-state index in [1.165, 1.54) is 24.3 Å². The molecule has 3 N–H and O–H groups in total. The predicted molar refractivity (Wildman–Crippen MR) is 140 cm³/mol. The van der Waals surface area contributed by atoms with E-state index < -0.39 is 67.3 Å². The number of para-hydroxylation sites is 2. The van der Waals surface area contributed by atoms with Gasteiger partial charge in [-0.1, -0.05) is 42.5 Å². The van der Waals surface area contributed by atoms with Gasteiger partial charge in [0.15, 0.2) is 0 Å². The minimum atomic E-state index is -6.05. The summed E-state index contributed by atoms with van der Waals surface area (Å²) in [5, 5.41) is 13.5. The number of rotatable bonds is 11. The number of amides is 3. The molecule has 0 saturated carbocycles. The van der Waals surface area contributed by atoms with Crippen LogP contribution in [-0.2, 0) is 25.7 Å². The third-order valence-corrected chi connectivity index (χ3v) is 6.50. The summed E-state index contributed by atoms with van der Waals surface area (Å²) >= 11 is 0. The maximum atomic E-state index is 13.6. The molecule has 1 unspecified atom stereocenters. The molecule has 3 amide bonds. The van der Waals surface area contributed by atoms with Crippen LogP contribution in [0.5, 0.6) is 0 Å². The van der Waals surface area contributed by atoms with E-state index in [1.54, 1.807) is 30.3 Å². The van der Waals surface area contributed by atoms with E-state index in [0.717, 1.165) is 20.7 Å². The number of nitrogens with zero attached hydrogens (tertiary/aromatic N) is 2. The molecule has 0 bridgehead atoms. The Morgan fingerprint density at radius 3 is 2.11 bits per heavy atom. The third kappa shape index (κ3) is 8.56. The first-order chi connectivity index (χ1) is 20.3. The molecule has 44 heavy (non-hydrogen) atoms. The first kappa shape index (κ1) is 34.5. The summed E-state index contributed by atoms with van der Waals surface area (Å²) < 4.78 is 110. The van der Waals surface area contributed by atoms with Crippen molar-refractivity contribution in [1.29, 1.82) is 0 Å². The number of aliphatic hydroxyl groups is 1. The maximum absolute atomic E-state index is 13.6. The van der Waals surface area contributed by atoms with E-state index in [-0.39, 0.29) is 31.1 Å². The SMILES string of the molecule is CC(O)(C(=O)NCC(F)(F)C(F)(F)F)C(=O)N[C@H]1CN(CC(F)(F)F)c2ccccc2N(CCOCc2ccccc2)C1=O. The molecule has 2 aromatic carbocycles. The van der Waals surface area contributed by atoms with Crippen molar-refractivity contribution in [3.63, 3.8) is 0 Å². The monoisotopic (exact) mass is 640 g/mol. The first-order valence-electron chi connectivity index (χ1n) is 12.9. The van der Waals surface area contributed by atoms with Gasteiger partial charge in [0.2, 0.25) is 5.60 Å². The van der Waals surface area contributed by atoms with E-state index in [0.29, 0.717) is 6.92 Å². The minimum absolute atomic E-state index is 0.0284. The molecule has 0 aromatic heterocycles. The highest BCUT2D eigenvalue weighted by Crippen LogP contribution is 2.36. The molecule has 242 valence electrons. The molecule has 0 radical (unpaired) electrons. The summed E-state index contributed by atoms with van der Waals surface area (Å²) in [5.41, 5.74) is -2.53. The molecule has 0 aliphatic carbocycles. The molecule has 1 aliphatic rings. The van der Waals surface area contributed by atoms with Gasteiger partial charge in [0.05, 0.1) is 31.1 Å². The van der Waals surface area contributed by atoms with Crippen molar-refractivity contribution < 1.29 is 59.4 Å². The molecule has 0 fully saturated rings. The lowest BCUT2D eigenvalue weighted by atomic mass is 10.0. The highest BCUT2D eigenvalue weighted by Gasteiger charge is 2.58. The molecule has 2 atom stereocenters. The van der Waals surface area contributed by atoms with Crippen LogP contribution in [-0.4, -0.2) is 85.5 Å². The Labute approximate surface area is 245 Å². The van der Waals surface area contributed by atoms with Crippen LogP contribution < -0.4 is 20.4 Å². The van der Waals surface area contributed by atoms with E-state index in [9.17, 15) is 54.6 Å². The van der Waals surface area contributed by atoms with Crippen molar-refractivity contribution in [1.82, 2.24) is 10.6 Å². The first-order valence-corrected chi connectivity index (χ1v) is 12.9. The Morgan fingerprint density at radius 2 is 1.52 bits per heavy atom. The summed E-state index contributed by atoms with van der Waals surface area (Å²) in [4.78, 5) is 40.5. The average Bonchev–Trinajstić information content (AvgIpc) is 3.03. The van der Waals surface area contributed by atoms with Crippen molar-refractivity contribution >= 4 is 29.1 Å². The second-order valence-electron chi connectivity index (χ2n) is 10.00. The predicted octanol–water partition coefficient (Wildman–Crippen LogP) is 3.17. The van der Waals surface area contributed by atoms with Crippen molar-refractivity contribution in [2.24, 2.45) is 0 Å². The molecule has 1 heterocycles. The number of nitrogens with one attached hydrogen (secondary N) is 2. The number of benzene rings is 2. The number of fused-ring (bicyclic) bond motifs is 1. The third-order valence-electron chi connectivity index (χ3n) is 6.50. The second kappa shape index (κ2) is 13.3. The number of hydrogen-bond acceptors (Lipinski definition) is 6. The molecule has 0 spiro atoms. The van der Waals surface area contributed by atoms with E-state index >= 15 is 0 Å². The van der Waals surface area contributed by atoms with Gasteiger partial charge in [0.1, 0.15) is 12.6 Å². The molecule has 9 nitrogen and oxygen atoms in total. The lowest BCUT2D eigenvalue weighted by molar-refractivity contribution is -0.278. The smallest absolute Gasteiger partial charge is 0.375 e. The maximum Gasteiger partial charge on any atom is 0.455 e. The Balaban J connectivity index is 1.84. The number of anilines is 2. The van der Waals surface area contributed by atoms with Gasteiger partial charge in [0, 0.05) is 13.1 Å². The zero-order valence-corrected chi connectivity index (χ0v) is 23.0. The molecular formula is C27H28F8N4O5. The van der Waals surface area contributed by atoms with Crippen molar-refractivity contribution in [3.05, 3.63) is 60.2 Å². The van der Waals surface area contributed by atoms with Crippen molar-refractivity contribution in [2.45, 2.75) is 43.4 Å². The van der Waals surface area contributed by atoms with E-state index in [4.69, 9.17) is 4.74 Å². The number of halogens is 8. The van der Waals surface area contributed by atoms with Gasteiger partial charge in [-0.2, -0.15) is 35.1 Å². The van der Waals surface area contributed by atoms with Crippen LogP contribution in [0.4, 0.5) is 46.5 Å². The van der Waals surface area contributed by atoms with E-state index in [2.05, 4.69) is 0 Å². The number of carbonyl (C=O) groups is 3. The Kier molecular flexibility index (Phi) is 10.5. The van der Waals surface area contributed by atoms with Crippen LogP contribution in [0.1, 0.15) is 12.5 Å². The second-order valence-corrected chi connectivity index (χ2v) is 10.00. The molecule has 17 heteroatoms. The fourth-order valence-corrected chi connectivity index (χ4v) is 4.15. The Hall–Kier alpha value is -3.99. The summed E-state index contributed by atoms with van der Waals surface area (Å²) in [5.74, 6) is -10.1. The molecular weight excluding hydrogens is 612 g/mol. The molecule has 2 aromatic rings. The summed E-state index contributed by atoms with van der Waals surface area (Å²) in [6.45, 7) is -4.43. The van der Waals surface area contributed by atoms with Gasteiger partial charge < -0.3 is 30.3 Å². The van der Waals surface area contributed by atoms with Gasteiger partial charge in [-0.3, -0.25) is 14.4 Å². The van der Waals surface area contributed by atoms with Crippen LogP contribution in [0.3, 0.4) is 0 Å². The molecule has 1 aliphatic heterocycles. The van der Waals surface area contributed by atoms with Crippen molar-refractivity contribution in [2.75, 3.05) is 42.6 Å². The minimum Gasteiger partial charge on any atom is -0.375 e. The zero-order valence-electron chi connectivity index (χ0n) is 23.0. The van der Waals surface area contributed by atoms with Gasteiger partial charge in [-0.05, 0) is 24.6 Å². The summed E-state index contributed by atoms with van der Waals surface area (Å²) in [6, 6.07) is 12.6. The Bertz CT molecular complexity index is 1320. The number of alkyl halides is 8. The van der Waals surface area contributed by atoms with Crippen molar-refractivity contribution in [3.8, 4) is 0 Å². The normalized spacial score (nSPS) is 17.4. The lowest BCUT2D eigenvalue weighted by Crippen LogP contribution is -2.62. The van der Waals surface area contributed by atoms with Crippen LogP contribution in [0.2, 0.25) is 0 Å². The number of hydrogen-bond donors (Lipinski definition) is 3. The number of ether oxygens (including phenoxy) is 1. The van der Waals surface area contributed by atoms with Crippen LogP contribution in [0.25, 0.3) is 0 Å². The number of carbonyl (C=O) groups excluding carboxylic acids is 3. The fourth-order valence-electron chi connectivity index (χ4n) is 4.15. The molecule has 0 saturated heterocycles. The topological polar surface area (TPSA) is 111 Å². The van der Waals surface area contributed by atoms with Crippen LogP contribution in [0.15, 0.2) is 54.6 Å². The quantitative estimate of drug-likeness (QED) is 0.198. The highest BCUT2D eigenvalue weighted by atomic mass is 19.4. The van der Waals surface area contributed by atoms with Gasteiger partial charge in [-0.15, -0.1) is 0 Å². The lowest BCUT2D eigenvalue weighted by Gasteiger charge is -2.29. The summed E-state index contributed by atoms with van der Waals surface area (Å²) in [7, 11) is 0. The standard InChI is InChI=1S/C27H28F8N4O5/c1-24(43,22(41)36-15-25(28,29)27(33,34)35)23(42)37-18-13-38(16-26(30,31)32)19-9-5-6-10-20(19)39(21(18)40)11-12-44-14-17-7-3-2-4-8-17/h2-10,18,43H,11-16H2,1H3,(H,36,41)(H,37,42)/t18-,24?/m0/s1. The van der Waals surface area contributed by atoms with E-state index in [1.807, 2.05) is 5.32 Å². The van der Waals surface area contributed by atoms with Gasteiger partial charge in [-0.25, -0.2) is 0 Å². The van der Waals surface area contributed by atoms with Gasteiger partial charge in [0.25, 0.3) is 17.7 Å².